The maximum Gasteiger partial charge on any atom is 0.410 e. The van der Waals surface area contributed by atoms with E-state index in [2.05, 4.69) is 15.3 Å². The Morgan fingerprint density at radius 3 is 2.85 bits per heavy atom. The molecule has 1 aliphatic rings. The number of amides is 1. The van der Waals surface area contributed by atoms with Crippen LogP contribution in [0.2, 0.25) is 0 Å². The third-order valence-electron chi connectivity index (χ3n) is 4.41. The molecule has 0 aromatic carbocycles. The third kappa shape index (κ3) is 4.32. The van der Waals surface area contributed by atoms with Crippen LogP contribution in [0, 0.1) is 0 Å². The van der Waals surface area contributed by atoms with Gasteiger partial charge in [0.05, 0.1) is 12.8 Å². The van der Waals surface area contributed by atoms with Gasteiger partial charge < -0.3 is 24.7 Å². The van der Waals surface area contributed by atoms with Gasteiger partial charge in [-0.1, -0.05) is 0 Å². The first-order valence-corrected chi connectivity index (χ1v) is 9.07. The highest BCUT2D eigenvalue weighted by Crippen LogP contribution is 2.28. The molecule has 0 saturated carbocycles. The molecular weight excluding hydrogens is 348 g/mol. The third-order valence-corrected chi connectivity index (χ3v) is 4.41. The van der Waals surface area contributed by atoms with Crippen molar-refractivity contribution >= 4 is 28.8 Å². The number of nitrogens with one attached hydrogen (secondary N) is 2. The lowest BCUT2D eigenvalue weighted by molar-refractivity contribution is 0.0206. The van der Waals surface area contributed by atoms with Gasteiger partial charge in [-0.2, -0.15) is 0 Å². The van der Waals surface area contributed by atoms with Gasteiger partial charge in [-0.25, -0.2) is 14.6 Å². The lowest BCUT2D eigenvalue weighted by Gasteiger charge is -2.35. The van der Waals surface area contributed by atoms with Crippen molar-refractivity contribution in [2.24, 2.45) is 0 Å². The van der Waals surface area contributed by atoms with E-state index in [-0.39, 0.29) is 12.1 Å². The number of anilines is 1. The van der Waals surface area contributed by atoms with E-state index in [4.69, 9.17) is 9.47 Å². The van der Waals surface area contributed by atoms with Crippen molar-refractivity contribution in [2.45, 2.75) is 45.3 Å². The number of methoxy groups -OCH3 is 1. The molecule has 0 spiro atoms. The Hall–Kier alpha value is -2.77. The second-order valence-corrected chi connectivity index (χ2v) is 7.69. The number of fused-ring (bicyclic) bond motifs is 1. The number of piperidine rings is 1. The smallest absolute Gasteiger partial charge is 0.410 e. The van der Waals surface area contributed by atoms with Crippen LogP contribution in [0.25, 0.3) is 11.0 Å². The van der Waals surface area contributed by atoms with Crippen molar-refractivity contribution in [3.63, 3.8) is 0 Å². The SMILES string of the molecule is COC(=O)c1cnc2[nH]ccc2c1NC1CCCN(C(=O)OC(C)(C)C)C1. The van der Waals surface area contributed by atoms with Crippen LogP contribution in [-0.2, 0) is 9.47 Å². The van der Waals surface area contributed by atoms with Gasteiger partial charge in [-0.05, 0) is 39.7 Å². The quantitative estimate of drug-likeness (QED) is 0.801. The Bertz CT molecular complexity index is 840. The molecule has 1 atom stereocenters. The molecule has 146 valence electrons. The second-order valence-electron chi connectivity index (χ2n) is 7.69. The van der Waals surface area contributed by atoms with E-state index in [1.807, 2.05) is 26.8 Å². The predicted octanol–water partition coefficient (Wildman–Crippen LogP) is 3.16. The number of carbonyl (C=O) groups excluding carboxylic acids is 2. The molecule has 3 rings (SSSR count). The summed E-state index contributed by atoms with van der Waals surface area (Å²) in [5.41, 5.74) is 1.20. The summed E-state index contributed by atoms with van der Waals surface area (Å²) in [5, 5.41) is 4.24. The van der Waals surface area contributed by atoms with Crippen molar-refractivity contribution in [3.05, 3.63) is 24.0 Å². The number of nitrogens with zero attached hydrogens (tertiary/aromatic N) is 2. The normalized spacial score (nSPS) is 17.6. The highest BCUT2D eigenvalue weighted by atomic mass is 16.6. The van der Waals surface area contributed by atoms with Crippen LogP contribution >= 0.6 is 0 Å². The summed E-state index contributed by atoms with van der Waals surface area (Å²) >= 11 is 0. The largest absolute Gasteiger partial charge is 0.465 e. The maximum absolute atomic E-state index is 12.4. The van der Waals surface area contributed by atoms with E-state index >= 15 is 0 Å². The van der Waals surface area contributed by atoms with Gasteiger partial charge in [0, 0.05) is 36.9 Å². The Morgan fingerprint density at radius 1 is 1.37 bits per heavy atom. The minimum atomic E-state index is -0.530. The zero-order chi connectivity index (χ0) is 19.6. The average molecular weight is 374 g/mol. The number of hydrogen-bond acceptors (Lipinski definition) is 6. The highest BCUT2D eigenvalue weighted by molar-refractivity contribution is 6.04. The minimum absolute atomic E-state index is 0.00447. The molecule has 2 aromatic heterocycles. The fourth-order valence-electron chi connectivity index (χ4n) is 3.22. The van der Waals surface area contributed by atoms with E-state index in [1.54, 1.807) is 11.1 Å². The average Bonchev–Trinajstić information content (AvgIpc) is 3.09. The summed E-state index contributed by atoms with van der Waals surface area (Å²) in [6.07, 6.45) is 4.70. The molecule has 1 fully saturated rings. The summed E-state index contributed by atoms with van der Waals surface area (Å²) in [4.78, 5) is 33.6. The summed E-state index contributed by atoms with van der Waals surface area (Å²) in [7, 11) is 1.35. The summed E-state index contributed by atoms with van der Waals surface area (Å²) in [5.74, 6) is -0.451. The van der Waals surface area contributed by atoms with E-state index in [0.29, 0.717) is 30.0 Å². The maximum atomic E-state index is 12.4. The van der Waals surface area contributed by atoms with Crippen molar-refractivity contribution in [2.75, 3.05) is 25.5 Å². The van der Waals surface area contributed by atoms with Gasteiger partial charge in [-0.15, -0.1) is 0 Å². The molecule has 1 aliphatic heterocycles. The fraction of sp³-hybridized carbons (Fsp3) is 0.526. The molecule has 1 amide bonds. The second kappa shape index (κ2) is 7.46. The first-order valence-electron chi connectivity index (χ1n) is 9.07. The fourth-order valence-corrected chi connectivity index (χ4v) is 3.22. The van der Waals surface area contributed by atoms with Crippen molar-refractivity contribution in [1.29, 1.82) is 0 Å². The molecule has 2 aromatic rings. The standard InChI is InChI=1S/C19H26N4O4/c1-19(2,3)27-18(25)23-9-5-6-12(11-23)22-15-13-7-8-20-16(13)21-10-14(15)17(24)26-4/h7-8,10,12H,5-6,9,11H2,1-4H3,(H2,20,21,22). The molecule has 8 heteroatoms. The molecule has 0 radical (unpaired) electrons. The lowest BCUT2D eigenvalue weighted by atomic mass is 10.0. The van der Waals surface area contributed by atoms with Crippen molar-refractivity contribution < 1.29 is 19.1 Å². The molecule has 1 unspecified atom stereocenters. The summed E-state index contributed by atoms with van der Waals surface area (Å²) < 4.78 is 10.4. The van der Waals surface area contributed by atoms with E-state index in [0.717, 1.165) is 18.2 Å². The first-order chi connectivity index (χ1) is 12.8. The molecule has 1 saturated heterocycles. The van der Waals surface area contributed by atoms with Crippen molar-refractivity contribution in [3.8, 4) is 0 Å². The molecule has 0 aliphatic carbocycles. The van der Waals surface area contributed by atoms with Crippen LogP contribution in [0.4, 0.5) is 10.5 Å². The molecule has 3 heterocycles. The lowest BCUT2D eigenvalue weighted by Crippen LogP contribution is -2.47. The molecule has 27 heavy (non-hydrogen) atoms. The van der Waals surface area contributed by atoms with Gasteiger partial charge in [0.15, 0.2) is 0 Å². The van der Waals surface area contributed by atoms with E-state index in [1.165, 1.54) is 13.3 Å². The van der Waals surface area contributed by atoms with Crippen LogP contribution < -0.4 is 5.32 Å². The van der Waals surface area contributed by atoms with Crippen molar-refractivity contribution in [1.82, 2.24) is 14.9 Å². The van der Waals surface area contributed by atoms with E-state index < -0.39 is 11.6 Å². The number of carbonyl (C=O) groups is 2. The predicted molar refractivity (Wildman–Crippen MR) is 102 cm³/mol. The minimum Gasteiger partial charge on any atom is -0.465 e. The van der Waals surface area contributed by atoms with Gasteiger partial charge in [-0.3, -0.25) is 0 Å². The summed E-state index contributed by atoms with van der Waals surface area (Å²) in [6, 6.07) is 1.86. The van der Waals surface area contributed by atoms with Gasteiger partial charge in [0.2, 0.25) is 0 Å². The Morgan fingerprint density at radius 2 is 2.15 bits per heavy atom. The van der Waals surface area contributed by atoms with Crippen LogP contribution in [0.15, 0.2) is 18.5 Å². The number of esters is 1. The molecule has 0 bridgehead atoms. The molecular formula is C19H26N4O4. The van der Waals surface area contributed by atoms with Gasteiger partial charge in [0.1, 0.15) is 16.8 Å². The Kier molecular flexibility index (Phi) is 5.25. The van der Waals surface area contributed by atoms with Gasteiger partial charge >= 0.3 is 12.1 Å². The number of aromatic nitrogens is 2. The number of rotatable bonds is 3. The van der Waals surface area contributed by atoms with E-state index in [9.17, 15) is 9.59 Å². The molecule has 2 N–H and O–H groups in total. The van der Waals surface area contributed by atoms with Crippen LogP contribution in [0.1, 0.15) is 44.0 Å². The number of hydrogen-bond donors (Lipinski definition) is 2. The number of pyridine rings is 1. The number of aromatic amines is 1. The Labute approximate surface area is 158 Å². The van der Waals surface area contributed by atoms with Crippen LogP contribution in [0.5, 0.6) is 0 Å². The first kappa shape index (κ1) is 19.0. The van der Waals surface area contributed by atoms with Crippen LogP contribution in [0.3, 0.4) is 0 Å². The molecule has 8 nitrogen and oxygen atoms in total. The summed E-state index contributed by atoms with van der Waals surface area (Å²) in [6.45, 7) is 6.73. The zero-order valence-corrected chi connectivity index (χ0v) is 16.2. The highest BCUT2D eigenvalue weighted by Gasteiger charge is 2.29. The number of ether oxygens (including phenoxy) is 2. The van der Waals surface area contributed by atoms with Gasteiger partial charge in [0.25, 0.3) is 0 Å². The monoisotopic (exact) mass is 374 g/mol. The van der Waals surface area contributed by atoms with Crippen LogP contribution in [-0.4, -0.2) is 58.8 Å². The number of H-pyrrole nitrogens is 1. The number of likely N-dealkylation sites (tertiary alicyclic amines) is 1. The zero-order valence-electron chi connectivity index (χ0n) is 16.2. The topological polar surface area (TPSA) is 96.5 Å². The Balaban J connectivity index is 1.81.